The van der Waals surface area contributed by atoms with Gasteiger partial charge in [0.25, 0.3) is 5.97 Å². The quantitative estimate of drug-likeness (QED) is 0.126. The number of likely N-dealkylation sites (N-methyl/N-ethyl adjacent to an activating group) is 1. The van der Waals surface area contributed by atoms with Gasteiger partial charge in [-0.15, -0.1) is 0 Å². The monoisotopic (exact) mass is 662 g/mol. The van der Waals surface area contributed by atoms with Crippen LogP contribution in [0.25, 0.3) is 10.8 Å². The van der Waals surface area contributed by atoms with Gasteiger partial charge in [-0.05, 0) is 47.6 Å². The maximum absolute atomic E-state index is 13.8. The van der Waals surface area contributed by atoms with Crippen molar-refractivity contribution in [2.24, 2.45) is 17.6 Å². The van der Waals surface area contributed by atoms with E-state index < -0.39 is 52.3 Å². The van der Waals surface area contributed by atoms with Gasteiger partial charge in [-0.2, -0.15) is 4.72 Å². The van der Waals surface area contributed by atoms with Crippen molar-refractivity contribution >= 4 is 50.5 Å². The first-order chi connectivity index (χ1) is 21.6. The molecule has 1 heterocycles. The van der Waals surface area contributed by atoms with Crippen molar-refractivity contribution in [3.63, 3.8) is 0 Å². The largest absolute Gasteiger partial charge is 0.481 e. The first kappa shape index (κ1) is 37.9. The second-order valence-corrected chi connectivity index (χ2v) is 13.1. The van der Waals surface area contributed by atoms with Crippen molar-refractivity contribution in [1.82, 2.24) is 19.8 Å². The van der Waals surface area contributed by atoms with Gasteiger partial charge in [0, 0.05) is 33.6 Å². The summed E-state index contributed by atoms with van der Waals surface area (Å²) < 4.78 is 34.4. The average molecular weight is 663 g/mol. The molecular formula is C31H46N6O8S. The Bertz CT molecular complexity index is 1500. The number of aliphatic carboxylic acids is 1. The van der Waals surface area contributed by atoms with Gasteiger partial charge >= 0.3 is 5.97 Å². The molecule has 2 amide bonds. The molecule has 1 fully saturated rings. The summed E-state index contributed by atoms with van der Waals surface area (Å²) >= 11 is 0. The molecule has 4 atom stereocenters. The standard InChI is InChI=1S/C29H42N6O6S.C2H4O2/c1-5-19(2)26(28(38)41-4)34(3)27(37)24(16-25(36)32-17-20-9-8-14-35(18-20)29(30)31)33-42(39,40)23-13-12-21-10-6-7-11-22(21)15-23;1-2(3)4/h6-7,10-13,15,19-20,24,26,33H,5,8-9,14,16-18H2,1-4H3,(H3,30,31)(H,32,36);1H3,(H,3,4)/t19?,20-,24-,26-;/m0./s1. The fraction of sp³-hybridized carbons (Fsp3) is 0.516. The first-order valence-corrected chi connectivity index (χ1v) is 16.5. The number of fused-ring (bicyclic) bond motifs is 1. The topological polar surface area (TPSA) is 212 Å². The van der Waals surface area contributed by atoms with Crippen molar-refractivity contribution in [1.29, 1.82) is 5.41 Å². The zero-order chi connectivity index (χ0) is 34.6. The van der Waals surface area contributed by atoms with E-state index >= 15 is 0 Å². The molecule has 2 aromatic carbocycles. The van der Waals surface area contributed by atoms with Gasteiger partial charge in [-0.3, -0.25) is 19.8 Å². The number of guanidine groups is 1. The number of likely N-dealkylation sites (tertiary alicyclic amines) is 1. The van der Waals surface area contributed by atoms with E-state index in [4.69, 9.17) is 25.8 Å². The number of sulfonamides is 1. The second-order valence-electron chi connectivity index (χ2n) is 11.4. The lowest BCUT2D eigenvalue weighted by atomic mass is 9.97. The molecule has 3 rings (SSSR count). The van der Waals surface area contributed by atoms with Crippen molar-refractivity contribution in [2.75, 3.05) is 33.8 Å². The summed E-state index contributed by atoms with van der Waals surface area (Å²) in [5, 5.41) is 19.5. The van der Waals surface area contributed by atoms with Crippen LogP contribution in [-0.2, 0) is 33.9 Å². The highest BCUT2D eigenvalue weighted by Crippen LogP contribution is 2.21. The summed E-state index contributed by atoms with van der Waals surface area (Å²) in [7, 11) is -1.61. The van der Waals surface area contributed by atoms with Crippen molar-refractivity contribution in [3.8, 4) is 0 Å². The molecule has 0 aliphatic carbocycles. The third-order valence-electron chi connectivity index (χ3n) is 7.85. The van der Waals surface area contributed by atoms with Gasteiger partial charge < -0.3 is 30.7 Å². The molecule has 6 N–H and O–H groups in total. The number of nitrogens with one attached hydrogen (secondary N) is 3. The Kier molecular flexibility index (Phi) is 14.4. The van der Waals surface area contributed by atoms with E-state index in [1.807, 2.05) is 19.1 Å². The fourth-order valence-corrected chi connectivity index (χ4v) is 6.46. The summed E-state index contributed by atoms with van der Waals surface area (Å²) in [5.41, 5.74) is 5.62. The van der Waals surface area contributed by atoms with Gasteiger partial charge in [0.15, 0.2) is 5.96 Å². The molecule has 14 nitrogen and oxygen atoms in total. The van der Waals surface area contributed by atoms with Crippen LogP contribution in [0, 0.1) is 17.2 Å². The van der Waals surface area contributed by atoms with Gasteiger partial charge in [0.1, 0.15) is 12.1 Å². The van der Waals surface area contributed by atoms with Gasteiger partial charge in [0.2, 0.25) is 21.8 Å². The van der Waals surface area contributed by atoms with E-state index in [0.717, 1.165) is 30.1 Å². The van der Waals surface area contributed by atoms with Crippen LogP contribution in [0.3, 0.4) is 0 Å². The SMILES string of the molecule is CC(=O)O.CCC(C)[C@@H](C(=O)OC)N(C)C(=O)[C@H](CC(=O)NC[C@@H]1CCCN(C(=N)N)C1)NS(=O)(=O)c1ccc2ccccc2c1. The molecule has 1 aliphatic rings. The average Bonchev–Trinajstić information content (AvgIpc) is 3.02. The molecule has 15 heteroatoms. The summed E-state index contributed by atoms with van der Waals surface area (Å²) in [6.45, 7) is 6.22. The Balaban J connectivity index is 0.00000173. The maximum atomic E-state index is 13.8. The Hall–Kier alpha value is -4.24. The Morgan fingerprint density at radius 2 is 1.80 bits per heavy atom. The number of hydrogen-bond donors (Lipinski definition) is 5. The number of rotatable bonds is 12. The van der Waals surface area contributed by atoms with Crippen molar-refractivity contribution < 1.29 is 37.4 Å². The minimum absolute atomic E-state index is 0.0238. The van der Waals surface area contributed by atoms with E-state index in [1.54, 1.807) is 30.0 Å². The van der Waals surface area contributed by atoms with Crippen LogP contribution in [0.15, 0.2) is 47.4 Å². The highest BCUT2D eigenvalue weighted by atomic mass is 32.2. The normalized spacial score (nSPS) is 16.6. The van der Waals surface area contributed by atoms with E-state index in [-0.39, 0.29) is 29.2 Å². The van der Waals surface area contributed by atoms with Crippen LogP contribution in [0.1, 0.15) is 46.5 Å². The number of nitrogens with two attached hydrogens (primary N) is 1. The highest BCUT2D eigenvalue weighted by molar-refractivity contribution is 7.89. The van der Waals surface area contributed by atoms with Crippen molar-refractivity contribution in [3.05, 3.63) is 42.5 Å². The number of amides is 2. The molecule has 0 aromatic heterocycles. The lowest BCUT2D eigenvalue weighted by Gasteiger charge is -2.33. The number of carbonyl (C=O) groups is 4. The minimum Gasteiger partial charge on any atom is -0.481 e. The number of esters is 1. The number of carboxylic acid groups (broad SMARTS) is 1. The molecule has 1 aliphatic heterocycles. The third-order valence-corrected chi connectivity index (χ3v) is 9.32. The summed E-state index contributed by atoms with van der Waals surface area (Å²) in [5.74, 6) is -2.98. The Morgan fingerprint density at radius 3 is 2.39 bits per heavy atom. The lowest BCUT2D eigenvalue weighted by molar-refractivity contribution is -0.154. The molecule has 254 valence electrons. The highest BCUT2D eigenvalue weighted by Gasteiger charge is 2.37. The Labute approximate surface area is 270 Å². The number of carbonyl (C=O) groups excluding carboxylic acids is 3. The summed E-state index contributed by atoms with van der Waals surface area (Å²) in [4.78, 5) is 51.3. The van der Waals surface area contributed by atoms with Crippen LogP contribution in [-0.4, -0.2) is 98.9 Å². The van der Waals surface area contributed by atoms with Crippen molar-refractivity contribution in [2.45, 2.75) is 63.4 Å². The van der Waals surface area contributed by atoms with Crippen LogP contribution in [0.2, 0.25) is 0 Å². The van der Waals surface area contributed by atoms with Crippen LogP contribution < -0.4 is 15.8 Å². The molecule has 0 bridgehead atoms. The predicted octanol–water partition coefficient (Wildman–Crippen LogP) is 1.74. The van der Waals surface area contributed by atoms with Crippen LogP contribution in [0.4, 0.5) is 0 Å². The minimum atomic E-state index is -4.24. The number of ether oxygens (including phenoxy) is 1. The van der Waals surface area contributed by atoms with E-state index in [2.05, 4.69) is 10.0 Å². The molecule has 1 saturated heterocycles. The Morgan fingerprint density at radius 1 is 1.17 bits per heavy atom. The first-order valence-electron chi connectivity index (χ1n) is 15.0. The molecule has 1 unspecified atom stereocenters. The van der Waals surface area contributed by atoms with Crippen LogP contribution >= 0.6 is 0 Å². The molecular weight excluding hydrogens is 616 g/mol. The zero-order valence-corrected chi connectivity index (χ0v) is 27.8. The third kappa shape index (κ3) is 11.0. The molecule has 0 spiro atoms. The summed E-state index contributed by atoms with van der Waals surface area (Å²) in [6.07, 6.45) is 1.74. The number of benzene rings is 2. The molecule has 2 aromatic rings. The van der Waals surface area contributed by atoms with E-state index in [0.29, 0.717) is 24.9 Å². The van der Waals surface area contributed by atoms with E-state index in [9.17, 15) is 22.8 Å². The summed E-state index contributed by atoms with van der Waals surface area (Å²) in [6, 6.07) is 9.44. The molecule has 0 radical (unpaired) electrons. The van der Waals surface area contributed by atoms with Crippen LogP contribution in [0.5, 0.6) is 0 Å². The smallest absolute Gasteiger partial charge is 0.328 e. The zero-order valence-electron chi connectivity index (χ0n) is 27.0. The fourth-order valence-electron chi connectivity index (χ4n) is 5.23. The maximum Gasteiger partial charge on any atom is 0.328 e. The molecule has 46 heavy (non-hydrogen) atoms. The van der Waals surface area contributed by atoms with Gasteiger partial charge in [0.05, 0.1) is 18.4 Å². The van der Waals surface area contributed by atoms with Gasteiger partial charge in [-0.1, -0.05) is 50.6 Å². The van der Waals surface area contributed by atoms with E-state index in [1.165, 1.54) is 26.3 Å². The molecule has 0 saturated carbocycles. The van der Waals surface area contributed by atoms with Gasteiger partial charge in [-0.25, -0.2) is 13.2 Å². The predicted molar refractivity (Wildman–Crippen MR) is 173 cm³/mol. The number of hydrogen-bond acceptors (Lipinski definition) is 8. The number of methoxy groups -OCH3 is 1. The number of carboxylic acids is 1. The lowest BCUT2D eigenvalue weighted by Crippen LogP contribution is -2.55. The number of piperidine rings is 1. The second kappa shape index (κ2) is 17.5. The number of nitrogens with zero attached hydrogens (tertiary/aromatic N) is 2.